The van der Waals surface area contributed by atoms with Gasteiger partial charge in [-0.15, -0.1) is 0 Å². The Bertz CT molecular complexity index is 956. The van der Waals surface area contributed by atoms with Crippen molar-refractivity contribution in [1.29, 1.82) is 0 Å². The standard InChI is InChI=1S/C20H21NO4/c1-19(2)13-8-9-20(19,3)16(11-13)21-25-18(23)14-10-12-6-4-5-7-15(12)24-17(14)22/h4-7,10,13H,8-9,11H2,1-3H3. The second kappa shape index (κ2) is 5.28. The topological polar surface area (TPSA) is 68.9 Å². The van der Waals surface area contributed by atoms with E-state index in [2.05, 4.69) is 25.9 Å². The van der Waals surface area contributed by atoms with Gasteiger partial charge in [0.15, 0.2) is 0 Å². The van der Waals surface area contributed by atoms with E-state index < -0.39 is 11.6 Å². The Morgan fingerprint density at radius 1 is 1.28 bits per heavy atom. The fraction of sp³-hybridized carbons (Fsp3) is 0.450. The average molecular weight is 339 g/mol. The Kier molecular flexibility index (Phi) is 3.39. The number of benzene rings is 1. The number of carbonyl (C=O) groups excluding carboxylic acids is 1. The van der Waals surface area contributed by atoms with Crippen LogP contribution in [0.1, 0.15) is 50.4 Å². The van der Waals surface area contributed by atoms with Crippen LogP contribution in [0.25, 0.3) is 11.0 Å². The Balaban J connectivity index is 1.62. The van der Waals surface area contributed by atoms with Crippen LogP contribution >= 0.6 is 0 Å². The van der Waals surface area contributed by atoms with Crippen LogP contribution in [-0.4, -0.2) is 11.7 Å². The van der Waals surface area contributed by atoms with Gasteiger partial charge in [0.1, 0.15) is 11.1 Å². The number of hydrogen-bond acceptors (Lipinski definition) is 5. The zero-order valence-corrected chi connectivity index (χ0v) is 14.7. The fourth-order valence-electron chi connectivity index (χ4n) is 4.42. The van der Waals surface area contributed by atoms with Crippen LogP contribution in [0, 0.1) is 16.7 Å². The molecule has 2 atom stereocenters. The van der Waals surface area contributed by atoms with Crippen molar-refractivity contribution in [1.82, 2.24) is 0 Å². The summed E-state index contributed by atoms with van der Waals surface area (Å²) in [6.45, 7) is 6.71. The molecule has 25 heavy (non-hydrogen) atoms. The van der Waals surface area contributed by atoms with Crippen molar-refractivity contribution in [3.63, 3.8) is 0 Å². The Hall–Kier alpha value is -2.43. The number of para-hydroxylation sites is 1. The molecule has 2 aliphatic rings. The van der Waals surface area contributed by atoms with Crippen molar-refractivity contribution < 1.29 is 14.0 Å². The number of hydrogen-bond donors (Lipinski definition) is 0. The highest BCUT2D eigenvalue weighted by Crippen LogP contribution is 2.63. The normalized spacial score (nSPS) is 28.6. The molecule has 0 aliphatic heterocycles. The number of nitrogens with zero attached hydrogens (tertiary/aromatic N) is 1. The van der Waals surface area contributed by atoms with Gasteiger partial charge in [-0.3, -0.25) is 0 Å². The van der Waals surface area contributed by atoms with Crippen LogP contribution in [0.15, 0.2) is 44.7 Å². The van der Waals surface area contributed by atoms with Crippen molar-refractivity contribution in [2.45, 2.75) is 40.0 Å². The van der Waals surface area contributed by atoms with Crippen LogP contribution in [0.5, 0.6) is 0 Å². The molecule has 0 spiro atoms. The quantitative estimate of drug-likeness (QED) is 0.468. The predicted octanol–water partition coefficient (Wildman–Crippen LogP) is 4.15. The molecule has 1 heterocycles. The lowest BCUT2D eigenvalue weighted by Gasteiger charge is -2.34. The van der Waals surface area contributed by atoms with Gasteiger partial charge in [0.05, 0.1) is 5.71 Å². The summed E-state index contributed by atoms with van der Waals surface area (Å²) in [6.07, 6.45) is 3.09. The lowest BCUT2D eigenvalue weighted by atomic mass is 9.70. The summed E-state index contributed by atoms with van der Waals surface area (Å²) in [5.41, 5.74) is 0.635. The van der Waals surface area contributed by atoms with E-state index in [0.717, 1.165) is 18.6 Å². The monoisotopic (exact) mass is 339 g/mol. The van der Waals surface area contributed by atoms with Crippen molar-refractivity contribution in [3.8, 4) is 0 Å². The molecule has 2 bridgehead atoms. The number of rotatable bonds is 2. The summed E-state index contributed by atoms with van der Waals surface area (Å²) in [5, 5.41) is 4.83. The maximum absolute atomic E-state index is 12.3. The third-order valence-corrected chi connectivity index (χ3v) is 6.61. The van der Waals surface area contributed by atoms with Gasteiger partial charge in [0.2, 0.25) is 0 Å². The first-order chi connectivity index (χ1) is 11.8. The second-order valence-electron chi connectivity index (χ2n) is 7.90. The summed E-state index contributed by atoms with van der Waals surface area (Å²) in [6, 6.07) is 8.55. The summed E-state index contributed by atoms with van der Waals surface area (Å²) in [7, 11) is 0. The minimum atomic E-state index is -0.767. The highest BCUT2D eigenvalue weighted by atomic mass is 16.7. The molecule has 4 rings (SSSR count). The van der Waals surface area contributed by atoms with Crippen LogP contribution in [0.3, 0.4) is 0 Å². The molecule has 2 unspecified atom stereocenters. The van der Waals surface area contributed by atoms with E-state index in [1.165, 1.54) is 12.5 Å². The molecular weight excluding hydrogens is 318 g/mol. The van der Waals surface area contributed by atoms with Crippen LogP contribution < -0.4 is 5.63 Å². The highest BCUT2D eigenvalue weighted by molar-refractivity contribution is 5.96. The maximum Gasteiger partial charge on any atom is 0.373 e. The molecule has 0 amide bonds. The molecule has 5 heteroatoms. The van der Waals surface area contributed by atoms with Gasteiger partial charge >= 0.3 is 11.6 Å². The van der Waals surface area contributed by atoms with Gasteiger partial charge in [-0.05, 0) is 42.7 Å². The molecule has 2 aromatic rings. The Morgan fingerprint density at radius 2 is 2.04 bits per heavy atom. The predicted molar refractivity (Wildman–Crippen MR) is 94.6 cm³/mol. The van der Waals surface area contributed by atoms with E-state index in [0.29, 0.717) is 16.9 Å². The van der Waals surface area contributed by atoms with E-state index in [-0.39, 0.29) is 16.4 Å². The van der Waals surface area contributed by atoms with Crippen molar-refractivity contribution >= 4 is 22.7 Å². The van der Waals surface area contributed by atoms with Gasteiger partial charge in [-0.25, -0.2) is 9.59 Å². The molecule has 2 saturated carbocycles. The molecule has 2 fully saturated rings. The molecule has 5 nitrogen and oxygen atoms in total. The first-order valence-electron chi connectivity index (χ1n) is 8.64. The maximum atomic E-state index is 12.3. The molecular formula is C20H21NO4. The van der Waals surface area contributed by atoms with Crippen LogP contribution in [0.4, 0.5) is 0 Å². The molecule has 1 aromatic carbocycles. The van der Waals surface area contributed by atoms with Gasteiger partial charge in [-0.2, -0.15) is 0 Å². The van der Waals surface area contributed by atoms with Gasteiger partial charge < -0.3 is 9.25 Å². The third kappa shape index (κ3) is 2.25. The molecule has 0 saturated heterocycles. The average Bonchev–Trinajstić information content (AvgIpc) is 2.92. The first kappa shape index (κ1) is 16.1. The zero-order chi connectivity index (χ0) is 17.8. The first-order valence-corrected chi connectivity index (χ1v) is 8.64. The van der Waals surface area contributed by atoms with Crippen LogP contribution in [0.2, 0.25) is 0 Å². The second-order valence-corrected chi connectivity index (χ2v) is 7.90. The highest BCUT2D eigenvalue weighted by Gasteiger charge is 2.60. The van der Waals surface area contributed by atoms with Crippen molar-refractivity contribution in [3.05, 3.63) is 46.3 Å². The molecule has 130 valence electrons. The summed E-state index contributed by atoms with van der Waals surface area (Å²) in [5.74, 6) is -0.197. The number of fused-ring (bicyclic) bond motifs is 3. The molecule has 2 aliphatic carbocycles. The van der Waals surface area contributed by atoms with E-state index in [1.54, 1.807) is 18.2 Å². The summed E-state index contributed by atoms with van der Waals surface area (Å²) in [4.78, 5) is 29.5. The van der Waals surface area contributed by atoms with E-state index >= 15 is 0 Å². The number of carbonyl (C=O) groups is 1. The molecule has 0 N–H and O–H groups in total. The summed E-state index contributed by atoms with van der Waals surface area (Å²) < 4.78 is 5.18. The van der Waals surface area contributed by atoms with E-state index in [1.807, 2.05) is 6.07 Å². The minimum absolute atomic E-state index is 0.0496. The Morgan fingerprint density at radius 3 is 2.72 bits per heavy atom. The van der Waals surface area contributed by atoms with E-state index in [9.17, 15) is 9.59 Å². The van der Waals surface area contributed by atoms with Gasteiger partial charge in [0.25, 0.3) is 0 Å². The zero-order valence-electron chi connectivity index (χ0n) is 14.7. The van der Waals surface area contributed by atoms with Gasteiger partial charge in [0, 0.05) is 10.8 Å². The van der Waals surface area contributed by atoms with Crippen molar-refractivity contribution in [2.24, 2.45) is 21.9 Å². The van der Waals surface area contributed by atoms with Crippen molar-refractivity contribution in [2.75, 3.05) is 0 Å². The Labute approximate surface area is 145 Å². The minimum Gasteiger partial charge on any atom is -0.422 e. The SMILES string of the molecule is CC12CCC(CC1=NOC(=O)c1cc3ccccc3oc1=O)C2(C)C. The van der Waals surface area contributed by atoms with Crippen LogP contribution in [-0.2, 0) is 4.84 Å². The largest absolute Gasteiger partial charge is 0.422 e. The molecule has 0 radical (unpaired) electrons. The lowest BCUT2D eigenvalue weighted by molar-refractivity contribution is 0.0504. The third-order valence-electron chi connectivity index (χ3n) is 6.61. The van der Waals surface area contributed by atoms with Gasteiger partial charge in [-0.1, -0.05) is 44.1 Å². The number of oxime groups is 1. The molecule has 1 aromatic heterocycles. The fourth-order valence-corrected chi connectivity index (χ4v) is 4.42. The van der Waals surface area contributed by atoms with E-state index in [4.69, 9.17) is 9.25 Å². The summed E-state index contributed by atoms with van der Waals surface area (Å²) >= 11 is 0. The lowest BCUT2D eigenvalue weighted by Crippen LogP contribution is -2.32. The smallest absolute Gasteiger partial charge is 0.373 e.